The highest BCUT2D eigenvalue weighted by molar-refractivity contribution is 4.92. The van der Waals surface area contributed by atoms with Crippen molar-refractivity contribution in [1.82, 2.24) is 0 Å². The standard InChI is InChI=1S/C5H12.C5H10.C5H8.2C4H10O.C3H8O/c3*1-3-5-4-2;2*1-3-4-5-2;1-3-4-2/h3-5H2,1-2H3;3,5H,4H2,1-2H3;3H2,1-2H3;2*3-4H2,1-2H3;3H2,1-2H3. The molecule has 0 aromatic rings. The predicted octanol–water partition coefficient (Wildman–Crippen LogP) is 8.33. The molecule has 0 aliphatic rings. The van der Waals surface area contributed by atoms with Crippen LogP contribution in [0.4, 0.5) is 0 Å². The fourth-order valence-corrected chi connectivity index (χ4v) is 1.17. The molecule has 0 radical (unpaired) electrons. The van der Waals surface area contributed by atoms with E-state index in [0.29, 0.717) is 0 Å². The van der Waals surface area contributed by atoms with Crippen molar-refractivity contribution in [2.45, 2.75) is 107 Å². The molecule has 0 fully saturated rings. The van der Waals surface area contributed by atoms with Gasteiger partial charge in [0.05, 0.1) is 0 Å². The number of ether oxygens (including phenoxy) is 3. The normalized spacial score (nSPS) is 8.00. The number of unbranched alkanes of at least 4 members (excludes halogenated alkanes) is 2. The zero-order chi connectivity index (χ0) is 24.0. The molecule has 0 saturated heterocycles. The smallest absolute Gasteiger partial charge is 0.0459 e. The van der Waals surface area contributed by atoms with Gasteiger partial charge in [0.1, 0.15) is 0 Å². The molecule has 0 heterocycles. The van der Waals surface area contributed by atoms with Crippen LogP contribution in [-0.2, 0) is 14.2 Å². The van der Waals surface area contributed by atoms with Crippen molar-refractivity contribution in [2.24, 2.45) is 0 Å². The summed E-state index contributed by atoms with van der Waals surface area (Å²) in [4.78, 5) is 0. The molecular weight excluding hydrogens is 360 g/mol. The molecule has 0 amide bonds. The van der Waals surface area contributed by atoms with Crippen molar-refractivity contribution in [3.8, 4) is 11.8 Å². The Bertz CT molecular complexity index is 230. The van der Waals surface area contributed by atoms with Crippen LogP contribution in [-0.4, -0.2) is 41.2 Å². The van der Waals surface area contributed by atoms with Crippen LogP contribution in [0.5, 0.6) is 0 Å². The van der Waals surface area contributed by atoms with Gasteiger partial charge >= 0.3 is 0 Å². The molecule has 0 rings (SSSR count). The largest absolute Gasteiger partial charge is 0.385 e. The van der Waals surface area contributed by atoms with E-state index >= 15 is 0 Å². The lowest BCUT2D eigenvalue weighted by atomic mass is 10.3. The first-order chi connectivity index (χ1) is 14.0. The van der Waals surface area contributed by atoms with Gasteiger partial charge < -0.3 is 14.2 Å². The van der Waals surface area contributed by atoms with Gasteiger partial charge in [-0.3, -0.25) is 0 Å². The minimum absolute atomic E-state index is 0.819. The first kappa shape index (κ1) is 42.3. The van der Waals surface area contributed by atoms with Crippen molar-refractivity contribution < 1.29 is 14.2 Å². The van der Waals surface area contributed by atoms with E-state index in [-0.39, 0.29) is 0 Å². The molecule has 180 valence electrons. The summed E-state index contributed by atoms with van der Waals surface area (Å²) in [6.07, 6.45) is 12.6. The maximum absolute atomic E-state index is 4.69. The van der Waals surface area contributed by atoms with Crippen molar-refractivity contribution in [3.05, 3.63) is 12.2 Å². The van der Waals surface area contributed by atoms with Gasteiger partial charge in [0.15, 0.2) is 0 Å². The second kappa shape index (κ2) is 71.2. The molecule has 0 aliphatic heterocycles. The first-order valence-electron chi connectivity index (χ1n) is 11.5. The Kier molecular flexibility index (Phi) is 104. The minimum Gasteiger partial charge on any atom is -0.385 e. The van der Waals surface area contributed by atoms with Crippen LogP contribution in [0.1, 0.15) is 107 Å². The van der Waals surface area contributed by atoms with Gasteiger partial charge in [-0.25, -0.2) is 0 Å². The zero-order valence-corrected chi connectivity index (χ0v) is 22.5. The summed E-state index contributed by atoms with van der Waals surface area (Å²) in [7, 11) is 5.10. The van der Waals surface area contributed by atoms with Gasteiger partial charge in [0.2, 0.25) is 0 Å². The van der Waals surface area contributed by atoms with Crippen LogP contribution in [0.2, 0.25) is 0 Å². The van der Waals surface area contributed by atoms with E-state index in [0.717, 1.165) is 45.5 Å². The summed E-state index contributed by atoms with van der Waals surface area (Å²) in [6.45, 7) is 21.2. The molecule has 0 N–H and O–H groups in total. The Hall–Kier alpha value is -0.820. The lowest BCUT2D eigenvalue weighted by Gasteiger charge is -1.84. The molecule has 0 bridgehead atoms. The lowest BCUT2D eigenvalue weighted by molar-refractivity contribution is 0.199. The molecule has 29 heavy (non-hydrogen) atoms. The van der Waals surface area contributed by atoms with Crippen LogP contribution in [0, 0.1) is 11.8 Å². The highest BCUT2D eigenvalue weighted by Crippen LogP contribution is 1.88. The molecule has 3 nitrogen and oxygen atoms in total. The van der Waals surface area contributed by atoms with E-state index in [4.69, 9.17) is 9.47 Å². The van der Waals surface area contributed by atoms with Crippen LogP contribution in [0.15, 0.2) is 12.2 Å². The maximum atomic E-state index is 4.69. The monoisotopic (exact) mass is 418 g/mol. The zero-order valence-electron chi connectivity index (χ0n) is 22.5. The number of allylic oxidation sites excluding steroid dienone is 2. The Morgan fingerprint density at radius 1 is 0.690 bits per heavy atom. The average molecular weight is 419 g/mol. The van der Waals surface area contributed by atoms with Crippen molar-refractivity contribution in [2.75, 3.05) is 41.2 Å². The van der Waals surface area contributed by atoms with E-state index in [1.165, 1.54) is 19.3 Å². The predicted molar refractivity (Wildman–Crippen MR) is 136 cm³/mol. The molecular formula is C26H58O3. The van der Waals surface area contributed by atoms with Gasteiger partial charge in [-0.1, -0.05) is 73.0 Å². The van der Waals surface area contributed by atoms with E-state index in [9.17, 15) is 0 Å². The van der Waals surface area contributed by atoms with Gasteiger partial charge in [-0.05, 0) is 40.0 Å². The quantitative estimate of drug-likeness (QED) is 0.293. The van der Waals surface area contributed by atoms with E-state index in [2.05, 4.69) is 63.3 Å². The van der Waals surface area contributed by atoms with Crippen LogP contribution in [0.25, 0.3) is 0 Å². The highest BCUT2D eigenvalue weighted by atomic mass is 16.5. The van der Waals surface area contributed by atoms with Gasteiger partial charge in [0, 0.05) is 47.6 Å². The number of methoxy groups -OCH3 is 3. The van der Waals surface area contributed by atoms with Gasteiger partial charge in [0.25, 0.3) is 0 Å². The fraction of sp³-hybridized carbons (Fsp3) is 0.846. The summed E-state index contributed by atoms with van der Waals surface area (Å²) in [6, 6.07) is 0. The summed E-state index contributed by atoms with van der Waals surface area (Å²) < 4.78 is 13.9. The van der Waals surface area contributed by atoms with Crippen LogP contribution >= 0.6 is 0 Å². The minimum atomic E-state index is 0.819. The molecule has 0 spiro atoms. The average Bonchev–Trinajstić information content (AvgIpc) is 2.73. The van der Waals surface area contributed by atoms with E-state index in [1.807, 2.05) is 27.7 Å². The number of hydrogen-bond acceptors (Lipinski definition) is 3. The Morgan fingerprint density at radius 2 is 1.10 bits per heavy atom. The van der Waals surface area contributed by atoms with Crippen LogP contribution in [0.3, 0.4) is 0 Å². The molecule has 0 aliphatic carbocycles. The topological polar surface area (TPSA) is 27.7 Å². The van der Waals surface area contributed by atoms with Crippen LogP contribution < -0.4 is 0 Å². The number of hydrogen-bond donors (Lipinski definition) is 0. The SMILES string of the molecule is CC#CCC.CC=CCC.CCCCC.CCCOC.CCCOC.CCOC. The summed E-state index contributed by atoms with van der Waals surface area (Å²) in [5, 5.41) is 0. The van der Waals surface area contributed by atoms with Crippen molar-refractivity contribution in [1.29, 1.82) is 0 Å². The Labute approximate surface area is 187 Å². The third kappa shape index (κ3) is 166. The molecule has 3 heteroatoms. The first-order valence-corrected chi connectivity index (χ1v) is 11.5. The second-order valence-electron chi connectivity index (χ2n) is 5.67. The third-order valence-corrected chi connectivity index (χ3v) is 2.64. The lowest BCUT2D eigenvalue weighted by Crippen LogP contribution is -1.80. The Morgan fingerprint density at radius 3 is 1.10 bits per heavy atom. The third-order valence-electron chi connectivity index (χ3n) is 2.64. The van der Waals surface area contributed by atoms with Gasteiger partial charge in [-0.2, -0.15) is 0 Å². The van der Waals surface area contributed by atoms with E-state index in [1.54, 1.807) is 21.3 Å². The molecule has 0 saturated carbocycles. The fourth-order valence-electron chi connectivity index (χ4n) is 1.17. The Balaban J connectivity index is -0.0000000548. The summed E-state index contributed by atoms with van der Waals surface area (Å²) >= 11 is 0. The maximum Gasteiger partial charge on any atom is 0.0459 e. The van der Waals surface area contributed by atoms with Gasteiger partial charge in [-0.15, -0.1) is 11.8 Å². The van der Waals surface area contributed by atoms with E-state index < -0.39 is 0 Å². The molecule has 0 unspecified atom stereocenters. The highest BCUT2D eigenvalue weighted by Gasteiger charge is 1.68. The molecule has 0 aromatic carbocycles. The second-order valence-corrected chi connectivity index (χ2v) is 5.67. The molecule has 0 atom stereocenters. The van der Waals surface area contributed by atoms with Crippen molar-refractivity contribution >= 4 is 0 Å². The summed E-state index contributed by atoms with van der Waals surface area (Å²) in [5.41, 5.74) is 0. The van der Waals surface area contributed by atoms with Crippen molar-refractivity contribution in [3.63, 3.8) is 0 Å². The molecule has 0 aromatic heterocycles. The number of rotatable bonds is 8. The summed E-state index contributed by atoms with van der Waals surface area (Å²) in [5.74, 6) is 5.63.